The molecule has 32 heavy (non-hydrogen) atoms. The van der Waals surface area contributed by atoms with Crippen molar-refractivity contribution in [3.63, 3.8) is 0 Å². The molecular formula is C20H34N5O7+. The highest BCUT2D eigenvalue weighted by Crippen LogP contribution is 2.36. The highest BCUT2D eigenvalue weighted by molar-refractivity contribution is 5.63. The van der Waals surface area contributed by atoms with Crippen molar-refractivity contribution in [3.8, 4) is 5.75 Å². The van der Waals surface area contributed by atoms with Gasteiger partial charge in [-0.3, -0.25) is 30.3 Å². The first kappa shape index (κ1) is 27.2. The number of rotatable bonds is 8. The standard InChI is InChI=1S/C14H32N2.C6H3N3O7/c1-5-15(3,6-2)13-14-16(4)11-9-7-8-10-12-16;10-6-4(8(13)14)1-3(7(11)12)2-5(6)9(15)16/h5-14H2,1-4H3;1-2,10H/q+2;/p-1. The molecule has 0 unspecified atom stereocenters. The van der Waals surface area contributed by atoms with E-state index in [4.69, 9.17) is 0 Å². The van der Waals surface area contributed by atoms with Gasteiger partial charge in [0.25, 0.3) is 17.1 Å². The highest BCUT2D eigenvalue weighted by atomic mass is 16.6. The van der Waals surface area contributed by atoms with Crippen LogP contribution in [0.4, 0.5) is 17.1 Å². The van der Waals surface area contributed by atoms with E-state index in [9.17, 15) is 35.4 Å². The van der Waals surface area contributed by atoms with E-state index in [0.717, 1.165) is 0 Å². The predicted molar refractivity (Wildman–Crippen MR) is 117 cm³/mol. The van der Waals surface area contributed by atoms with Crippen molar-refractivity contribution in [1.82, 2.24) is 0 Å². The Morgan fingerprint density at radius 2 is 1.31 bits per heavy atom. The Kier molecular flexibility index (Phi) is 9.91. The number of quaternary nitrogens is 2. The second-order valence-electron chi connectivity index (χ2n) is 8.76. The van der Waals surface area contributed by atoms with E-state index in [-0.39, 0.29) is 0 Å². The van der Waals surface area contributed by atoms with Crippen LogP contribution in [0.25, 0.3) is 0 Å². The van der Waals surface area contributed by atoms with Crippen LogP contribution in [0.5, 0.6) is 5.75 Å². The number of nitrogens with zero attached hydrogens (tertiary/aromatic N) is 5. The lowest BCUT2D eigenvalue weighted by molar-refractivity contribution is -0.961. The molecule has 0 aromatic heterocycles. The van der Waals surface area contributed by atoms with E-state index in [0.29, 0.717) is 12.1 Å². The van der Waals surface area contributed by atoms with Gasteiger partial charge in [0.1, 0.15) is 13.1 Å². The summed E-state index contributed by atoms with van der Waals surface area (Å²) in [6.45, 7) is 12.7. The second-order valence-corrected chi connectivity index (χ2v) is 8.76. The summed E-state index contributed by atoms with van der Waals surface area (Å²) in [6.07, 6.45) is 5.81. The Morgan fingerprint density at radius 3 is 1.66 bits per heavy atom. The molecule has 2 rings (SSSR count). The molecule has 12 heteroatoms. The molecule has 12 nitrogen and oxygen atoms in total. The summed E-state index contributed by atoms with van der Waals surface area (Å²) in [5.41, 5.74) is -3.26. The van der Waals surface area contributed by atoms with Gasteiger partial charge >= 0.3 is 0 Å². The number of benzene rings is 1. The lowest BCUT2D eigenvalue weighted by atomic mass is 10.2. The van der Waals surface area contributed by atoms with E-state index in [1.807, 2.05) is 0 Å². The first-order chi connectivity index (χ1) is 14.9. The number of hydrogen-bond donors (Lipinski definition) is 0. The molecule has 0 bridgehead atoms. The van der Waals surface area contributed by atoms with Gasteiger partial charge in [-0.2, -0.15) is 0 Å². The third-order valence-electron chi connectivity index (χ3n) is 6.49. The third-order valence-corrected chi connectivity index (χ3v) is 6.49. The summed E-state index contributed by atoms with van der Waals surface area (Å²) in [6, 6.07) is 0.769. The summed E-state index contributed by atoms with van der Waals surface area (Å²) in [7, 11) is 4.88. The maximum absolute atomic E-state index is 11.1. The normalized spacial score (nSPS) is 15.8. The van der Waals surface area contributed by atoms with Crippen molar-refractivity contribution in [2.75, 3.05) is 53.4 Å². The number of nitro groups is 3. The van der Waals surface area contributed by atoms with Crippen LogP contribution in [-0.4, -0.2) is 77.1 Å². The van der Waals surface area contributed by atoms with E-state index < -0.39 is 37.6 Å². The summed E-state index contributed by atoms with van der Waals surface area (Å²) >= 11 is 0. The smallest absolute Gasteiger partial charge is 0.283 e. The molecule has 1 saturated heterocycles. The Balaban J connectivity index is 0.000000320. The van der Waals surface area contributed by atoms with Crippen molar-refractivity contribution >= 4 is 17.1 Å². The summed E-state index contributed by atoms with van der Waals surface area (Å²) < 4.78 is 2.57. The lowest BCUT2D eigenvalue weighted by Gasteiger charge is -2.38. The van der Waals surface area contributed by atoms with Crippen LogP contribution in [-0.2, 0) is 0 Å². The zero-order chi connectivity index (χ0) is 24.5. The molecule has 1 aliphatic heterocycles. The first-order valence-electron chi connectivity index (χ1n) is 10.8. The van der Waals surface area contributed by atoms with Crippen LogP contribution in [0.2, 0.25) is 0 Å². The number of non-ortho nitro benzene ring substituents is 1. The molecule has 1 fully saturated rings. The van der Waals surface area contributed by atoms with Crippen molar-refractivity contribution < 1.29 is 28.8 Å². The van der Waals surface area contributed by atoms with Crippen LogP contribution in [0.15, 0.2) is 12.1 Å². The van der Waals surface area contributed by atoms with Crippen molar-refractivity contribution in [2.24, 2.45) is 0 Å². The highest BCUT2D eigenvalue weighted by Gasteiger charge is 2.28. The SMILES string of the molecule is CC[N+](C)(CC)CC[N+]1(C)CCCCCC1.O=[N+]([O-])c1cc([N+](=O)[O-])c([O-])c([N+](=O)[O-])c1. The van der Waals surface area contributed by atoms with Gasteiger partial charge in [-0.15, -0.1) is 0 Å². The van der Waals surface area contributed by atoms with Crippen LogP contribution >= 0.6 is 0 Å². The second kappa shape index (κ2) is 11.7. The zero-order valence-corrected chi connectivity index (χ0v) is 19.3. The summed E-state index contributed by atoms with van der Waals surface area (Å²) in [4.78, 5) is 27.5. The van der Waals surface area contributed by atoms with Crippen molar-refractivity contribution in [3.05, 3.63) is 42.5 Å². The molecule has 0 N–H and O–H groups in total. The fraction of sp³-hybridized carbons (Fsp3) is 0.700. The number of likely N-dealkylation sites (N-methyl/N-ethyl adjacent to an activating group) is 2. The van der Waals surface area contributed by atoms with Crippen molar-refractivity contribution in [2.45, 2.75) is 39.5 Å². The monoisotopic (exact) mass is 456 g/mol. The van der Waals surface area contributed by atoms with Gasteiger partial charge in [-0.1, -0.05) is 0 Å². The largest absolute Gasteiger partial charge is 0.863 e. The molecule has 0 aliphatic carbocycles. The van der Waals surface area contributed by atoms with E-state index >= 15 is 0 Å². The average Bonchev–Trinajstić information content (AvgIpc) is 2.97. The average molecular weight is 457 g/mol. The molecular weight excluding hydrogens is 422 g/mol. The van der Waals surface area contributed by atoms with Gasteiger partial charge in [0, 0.05) is 0 Å². The fourth-order valence-corrected chi connectivity index (χ4v) is 3.66. The van der Waals surface area contributed by atoms with Crippen LogP contribution in [0.3, 0.4) is 0 Å². The molecule has 0 saturated carbocycles. The summed E-state index contributed by atoms with van der Waals surface area (Å²) in [5.74, 6) is -1.46. The van der Waals surface area contributed by atoms with Gasteiger partial charge in [-0.05, 0) is 39.5 Å². The minimum Gasteiger partial charge on any atom is -0.863 e. The molecule has 1 heterocycles. The number of hydrogen-bond acceptors (Lipinski definition) is 7. The van der Waals surface area contributed by atoms with Crippen LogP contribution in [0, 0.1) is 30.3 Å². The Bertz CT molecular complexity index is 784. The Hall–Kier alpha value is -2.86. The number of nitro benzene ring substituents is 3. The van der Waals surface area contributed by atoms with Crippen molar-refractivity contribution in [1.29, 1.82) is 0 Å². The summed E-state index contributed by atoms with van der Waals surface area (Å²) in [5, 5.41) is 42.1. The van der Waals surface area contributed by atoms with E-state index in [2.05, 4.69) is 27.9 Å². The van der Waals surface area contributed by atoms with Crippen LogP contribution in [0.1, 0.15) is 39.5 Å². The molecule has 180 valence electrons. The number of likely N-dealkylation sites (tertiary alicyclic amines) is 1. The molecule has 0 amide bonds. The van der Waals surface area contributed by atoms with Gasteiger partial charge in [0.2, 0.25) is 0 Å². The molecule has 0 spiro atoms. The van der Waals surface area contributed by atoms with Crippen LogP contribution < -0.4 is 5.11 Å². The van der Waals surface area contributed by atoms with E-state index in [1.54, 1.807) is 0 Å². The Labute approximate surface area is 187 Å². The molecule has 1 aromatic carbocycles. The third kappa shape index (κ3) is 7.68. The Morgan fingerprint density at radius 1 is 0.875 bits per heavy atom. The molecule has 1 aliphatic rings. The minimum absolute atomic E-state index is 0.384. The fourth-order valence-electron chi connectivity index (χ4n) is 3.66. The molecule has 0 atom stereocenters. The minimum atomic E-state index is -1.46. The quantitative estimate of drug-likeness (QED) is 0.331. The zero-order valence-electron chi connectivity index (χ0n) is 19.3. The molecule has 1 aromatic rings. The van der Waals surface area contributed by atoms with Gasteiger partial charge in [-0.25, -0.2) is 0 Å². The predicted octanol–water partition coefficient (Wildman–Crippen LogP) is 2.98. The topological polar surface area (TPSA) is 152 Å². The maximum atomic E-state index is 11.1. The lowest BCUT2D eigenvalue weighted by Crippen LogP contribution is -2.54. The maximum Gasteiger partial charge on any atom is 0.283 e. The van der Waals surface area contributed by atoms with Gasteiger partial charge in [0.15, 0.2) is 0 Å². The van der Waals surface area contributed by atoms with Gasteiger partial charge < -0.3 is 14.1 Å². The van der Waals surface area contributed by atoms with Gasteiger partial charge in [0.05, 0.1) is 72.9 Å². The first-order valence-corrected chi connectivity index (χ1v) is 10.8. The van der Waals surface area contributed by atoms with E-state index in [1.165, 1.54) is 73.9 Å². The molecule has 0 radical (unpaired) electrons.